The SMILES string of the molecule is CCC(CC)N(C)C(=O)c1sc2nnc(C)c(C)c2c1N. The molecule has 2 heterocycles. The van der Waals surface area contributed by atoms with Crippen LogP contribution in [0.2, 0.25) is 0 Å². The summed E-state index contributed by atoms with van der Waals surface area (Å²) in [5.74, 6) is -0.0266. The molecule has 0 unspecified atom stereocenters. The Labute approximate surface area is 129 Å². The van der Waals surface area contributed by atoms with Crippen molar-refractivity contribution in [3.8, 4) is 0 Å². The number of nitrogen functional groups attached to an aromatic ring is 1. The third-order valence-electron chi connectivity index (χ3n) is 4.14. The van der Waals surface area contributed by atoms with Gasteiger partial charge in [0, 0.05) is 18.5 Å². The molecule has 0 aromatic carbocycles. The van der Waals surface area contributed by atoms with Crippen LogP contribution in [0.4, 0.5) is 5.69 Å². The Balaban J connectivity index is 2.50. The van der Waals surface area contributed by atoms with E-state index in [-0.39, 0.29) is 11.9 Å². The van der Waals surface area contributed by atoms with E-state index in [4.69, 9.17) is 5.73 Å². The Bertz CT molecular complexity index is 676. The van der Waals surface area contributed by atoms with Crippen molar-refractivity contribution in [1.82, 2.24) is 15.1 Å². The lowest BCUT2D eigenvalue weighted by Crippen LogP contribution is -2.36. The number of nitrogens with zero attached hydrogens (tertiary/aromatic N) is 3. The highest BCUT2D eigenvalue weighted by molar-refractivity contribution is 7.21. The summed E-state index contributed by atoms with van der Waals surface area (Å²) >= 11 is 1.33. The van der Waals surface area contributed by atoms with Gasteiger partial charge >= 0.3 is 0 Å². The summed E-state index contributed by atoms with van der Waals surface area (Å²) in [6.45, 7) is 8.04. The largest absolute Gasteiger partial charge is 0.397 e. The van der Waals surface area contributed by atoms with E-state index >= 15 is 0 Å². The van der Waals surface area contributed by atoms with E-state index in [0.717, 1.165) is 34.3 Å². The maximum absolute atomic E-state index is 12.7. The lowest BCUT2D eigenvalue weighted by atomic mass is 10.1. The Kier molecular flexibility index (Phi) is 4.46. The predicted molar refractivity (Wildman–Crippen MR) is 87.8 cm³/mol. The average molecular weight is 306 g/mol. The van der Waals surface area contributed by atoms with Crippen LogP contribution in [-0.4, -0.2) is 34.1 Å². The van der Waals surface area contributed by atoms with Gasteiger partial charge in [0.25, 0.3) is 5.91 Å². The summed E-state index contributed by atoms with van der Waals surface area (Å²) in [5, 5.41) is 9.15. The number of rotatable bonds is 4. The monoisotopic (exact) mass is 306 g/mol. The van der Waals surface area contributed by atoms with Crippen LogP contribution in [0.1, 0.15) is 47.6 Å². The molecule has 0 radical (unpaired) electrons. The molecule has 6 heteroatoms. The molecule has 1 amide bonds. The first-order valence-corrected chi connectivity index (χ1v) is 8.02. The Hall–Kier alpha value is -1.69. The van der Waals surface area contributed by atoms with Gasteiger partial charge in [-0.3, -0.25) is 4.79 Å². The van der Waals surface area contributed by atoms with Crippen LogP contribution < -0.4 is 5.73 Å². The second kappa shape index (κ2) is 5.97. The predicted octanol–water partition coefficient (Wildman–Crippen LogP) is 3.15. The molecule has 0 atom stereocenters. The van der Waals surface area contributed by atoms with E-state index in [1.54, 1.807) is 4.90 Å². The molecule has 0 aliphatic heterocycles. The molecule has 21 heavy (non-hydrogen) atoms. The van der Waals surface area contributed by atoms with Crippen molar-refractivity contribution in [3.05, 3.63) is 16.1 Å². The van der Waals surface area contributed by atoms with Gasteiger partial charge < -0.3 is 10.6 Å². The first-order chi connectivity index (χ1) is 9.92. The molecule has 0 saturated carbocycles. The Morgan fingerprint density at radius 1 is 1.29 bits per heavy atom. The molecule has 114 valence electrons. The maximum Gasteiger partial charge on any atom is 0.266 e. The zero-order valence-electron chi connectivity index (χ0n) is 13.2. The van der Waals surface area contributed by atoms with Crippen LogP contribution in [-0.2, 0) is 0 Å². The number of nitrogens with two attached hydrogens (primary N) is 1. The molecule has 0 fully saturated rings. The smallest absolute Gasteiger partial charge is 0.266 e. The van der Waals surface area contributed by atoms with Gasteiger partial charge in [-0.1, -0.05) is 13.8 Å². The van der Waals surface area contributed by atoms with Gasteiger partial charge in [0.15, 0.2) is 0 Å². The second-order valence-corrected chi connectivity index (χ2v) is 6.32. The molecule has 0 aliphatic rings. The lowest BCUT2D eigenvalue weighted by molar-refractivity contribution is 0.0729. The molecule has 2 aromatic heterocycles. The van der Waals surface area contributed by atoms with Gasteiger partial charge in [-0.25, -0.2) is 0 Å². The summed E-state index contributed by atoms with van der Waals surface area (Å²) in [5.41, 5.74) is 8.61. The number of aromatic nitrogens is 2. The molecule has 5 nitrogen and oxygen atoms in total. The van der Waals surface area contributed by atoms with E-state index in [1.807, 2.05) is 20.9 Å². The standard InChI is InChI=1S/C15H22N4OS/c1-6-10(7-2)19(5)15(20)13-12(16)11-8(3)9(4)17-18-14(11)21-13/h10H,6-7,16H2,1-5H3. The number of hydrogen-bond acceptors (Lipinski definition) is 5. The molecule has 2 rings (SSSR count). The number of hydrogen-bond donors (Lipinski definition) is 1. The average Bonchev–Trinajstić information content (AvgIpc) is 2.81. The van der Waals surface area contributed by atoms with Gasteiger partial charge in [-0.2, -0.15) is 5.10 Å². The van der Waals surface area contributed by atoms with Crippen LogP contribution in [0.3, 0.4) is 0 Å². The van der Waals surface area contributed by atoms with Crippen molar-refractivity contribution >= 4 is 33.1 Å². The number of carbonyl (C=O) groups is 1. The number of fused-ring (bicyclic) bond motifs is 1. The van der Waals surface area contributed by atoms with Crippen molar-refractivity contribution in [1.29, 1.82) is 0 Å². The van der Waals surface area contributed by atoms with E-state index in [0.29, 0.717) is 10.6 Å². The van der Waals surface area contributed by atoms with Gasteiger partial charge in [-0.15, -0.1) is 16.4 Å². The summed E-state index contributed by atoms with van der Waals surface area (Å²) < 4.78 is 0. The summed E-state index contributed by atoms with van der Waals surface area (Å²) in [4.78, 5) is 15.8. The van der Waals surface area contributed by atoms with Crippen molar-refractivity contribution in [2.24, 2.45) is 0 Å². The van der Waals surface area contributed by atoms with E-state index in [1.165, 1.54) is 11.3 Å². The van der Waals surface area contributed by atoms with E-state index < -0.39 is 0 Å². The van der Waals surface area contributed by atoms with Crippen LogP contribution in [0.25, 0.3) is 10.2 Å². The second-order valence-electron chi connectivity index (χ2n) is 5.32. The minimum absolute atomic E-state index is 0.0266. The van der Waals surface area contributed by atoms with Crippen LogP contribution in [0.5, 0.6) is 0 Å². The lowest BCUT2D eigenvalue weighted by Gasteiger charge is -2.25. The molecular weight excluding hydrogens is 284 g/mol. The maximum atomic E-state index is 12.7. The molecule has 0 saturated heterocycles. The van der Waals surface area contributed by atoms with Crippen molar-refractivity contribution in [2.45, 2.75) is 46.6 Å². The molecule has 0 spiro atoms. The number of thiophene rings is 1. The number of amides is 1. The third-order valence-corrected chi connectivity index (χ3v) is 5.22. The summed E-state index contributed by atoms with van der Waals surface area (Å²) in [6.07, 6.45) is 1.86. The number of aryl methyl sites for hydroxylation is 2. The van der Waals surface area contributed by atoms with Crippen LogP contribution in [0, 0.1) is 13.8 Å². The molecule has 2 N–H and O–H groups in total. The Morgan fingerprint density at radius 2 is 1.90 bits per heavy atom. The molecular formula is C15H22N4OS. The van der Waals surface area contributed by atoms with Gasteiger partial charge in [-0.05, 0) is 32.3 Å². The highest BCUT2D eigenvalue weighted by Gasteiger charge is 2.25. The zero-order valence-corrected chi connectivity index (χ0v) is 14.0. The normalized spacial score (nSPS) is 11.3. The van der Waals surface area contributed by atoms with Gasteiger partial charge in [0.05, 0.1) is 11.4 Å². The quantitative estimate of drug-likeness (QED) is 0.942. The van der Waals surface area contributed by atoms with Crippen molar-refractivity contribution < 1.29 is 4.79 Å². The van der Waals surface area contributed by atoms with Gasteiger partial charge in [0.1, 0.15) is 9.71 Å². The molecule has 2 aromatic rings. The molecule has 0 bridgehead atoms. The Morgan fingerprint density at radius 3 is 2.48 bits per heavy atom. The number of carbonyl (C=O) groups excluding carboxylic acids is 1. The van der Waals surface area contributed by atoms with Gasteiger partial charge in [0.2, 0.25) is 0 Å². The third kappa shape index (κ3) is 2.60. The van der Waals surface area contributed by atoms with Crippen LogP contribution >= 0.6 is 11.3 Å². The highest BCUT2D eigenvalue weighted by atomic mass is 32.1. The fourth-order valence-corrected chi connectivity index (χ4v) is 3.65. The minimum Gasteiger partial charge on any atom is -0.397 e. The van der Waals surface area contributed by atoms with E-state index in [2.05, 4.69) is 24.0 Å². The van der Waals surface area contributed by atoms with Crippen LogP contribution in [0.15, 0.2) is 0 Å². The van der Waals surface area contributed by atoms with Crippen molar-refractivity contribution in [3.63, 3.8) is 0 Å². The van der Waals surface area contributed by atoms with Crippen molar-refractivity contribution in [2.75, 3.05) is 12.8 Å². The minimum atomic E-state index is -0.0266. The first-order valence-electron chi connectivity index (χ1n) is 7.21. The topological polar surface area (TPSA) is 72.1 Å². The summed E-state index contributed by atoms with van der Waals surface area (Å²) in [7, 11) is 1.84. The highest BCUT2D eigenvalue weighted by Crippen LogP contribution is 2.35. The number of anilines is 1. The fourth-order valence-electron chi connectivity index (χ4n) is 2.56. The fraction of sp³-hybridized carbons (Fsp3) is 0.533. The van der Waals surface area contributed by atoms with E-state index in [9.17, 15) is 4.79 Å². The summed E-state index contributed by atoms with van der Waals surface area (Å²) in [6, 6.07) is 0.232. The molecule has 0 aliphatic carbocycles. The first kappa shape index (κ1) is 15.7. The zero-order chi connectivity index (χ0) is 15.7.